The van der Waals surface area contributed by atoms with Gasteiger partial charge in [0.2, 0.25) is 0 Å². The Bertz CT molecular complexity index is 744. The van der Waals surface area contributed by atoms with Gasteiger partial charge in [-0.15, -0.1) is 0 Å². The molecule has 3 aromatic rings. The van der Waals surface area contributed by atoms with Gasteiger partial charge in [-0.25, -0.2) is 9.50 Å². The molecule has 1 N–H and O–H groups in total. The molecule has 0 aliphatic carbocycles. The number of H-pyrrole nitrogens is 1. The molecule has 3 rings (SSSR count). The Morgan fingerprint density at radius 3 is 3.06 bits per heavy atom. The monoisotopic (exact) mass is 244 g/mol. The van der Waals surface area contributed by atoms with Gasteiger partial charge in [0.1, 0.15) is 11.9 Å². The van der Waals surface area contributed by atoms with Gasteiger partial charge >= 0.3 is 5.69 Å². The molecule has 8 nitrogen and oxygen atoms in total. The second-order valence-electron chi connectivity index (χ2n) is 3.82. The molecule has 0 amide bonds. The SMILES string of the molecule is Cc1cc2ncc(-c3[nH]ncc3[N+](=O)[O-])cn2n1. The number of aryl methyl sites for hydroxylation is 1. The lowest BCUT2D eigenvalue weighted by atomic mass is 10.2. The largest absolute Gasteiger partial charge is 0.314 e. The summed E-state index contributed by atoms with van der Waals surface area (Å²) in [6.07, 6.45) is 4.40. The van der Waals surface area contributed by atoms with Crippen molar-refractivity contribution < 1.29 is 4.92 Å². The minimum Gasteiger partial charge on any atom is -0.271 e. The fraction of sp³-hybridized carbons (Fsp3) is 0.100. The van der Waals surface area contributed by atoms with Crippen molar-refractivity contribution >= 4 is 11.3 Å². The first-order valence-corrected chi connectivity index (χ1v) is 5.15. The summed E-state index contributed by atoms with van der Waals surface area (Å²) >= 11 is 0. The van der Waals surface area contributed by atoms with E-state index in [0.717, 1.165) is 5.69 Å². The molecule has 0 fully saturated rings. The molecule has 0 atom stereocenters. The topological polar surface area (TPSA) is 102 Å². The van der Waals surface area contributed by atoms with Gasteiger partial charge < -0.3 is 0 Å². The number of aromatic amines is 1. The van der Waals surface area contributed by atoms with E-state index >= 15 is 0 Å². The number of fused-ring (bicyclic) bond motifs is 1. The standard InChI is InChI=1S/C10H8N6O2/c1-6-2-9-11-3-7(5-15(9)14-6)10-8(16(17)18)4-12-13-10/h2-5H,1H3,(H,12,13). The maximum absolute atomic E-state index is 10.8. The normalized spacial score (nSPS) is 10.9. The molecule has 0 bridgehead atoms. The average Bonchev–Trinajstić information content (AvgIpc) is 2.91. The van der Waals surface area contributed by atoms with E-state index in [1.807, 2.05) is 13.0 Å². The van der Waals surface area contributed by atoms with Crippen LogP contribution in [0.15, 0.2) is 24.7 Å². The highest BCUT2D eigenvalue weighted by Gasteiger charge is 2.18. The third-order valence-corrected chi connectivity index (χ3v) is 2.54. The summed E-state index contributed by atoms with van der Waals surface area (Å²) in [7, 11) is 0. The van der Waals surface area contributed by atoms with Gasteiger partial charge in [-0.3, -0.25) is 15.2 Å². The molecule has 0 radical (unpaired) electrons. The molecule has 0 aromatic carbocycles. The van der Waals surface area contributed by atoms with Crippen molar-refractivity contribution in [3.63, 3.8) is 0 Å². The Labute approximate surface area is 100 Å². The first-order chi connectivity index (χ1) is 8.65. The van der Waals surface area contributed by atoms with Crippen molar-refractivity contribution in [2.75, 3.05) is 0 Å². The zero-order chi connectivity index (χ0) is 12.7. The van der Waals surface area contributed by atoms with E-state index in [2.05, 4.69) is 20.3 Å². The molecule has 8 heteroatoms. The molecular weight excluding hydrogens is 236 g/mol. The lowest BCUT2D eigenvalue weighted by molar-refractivity contribution is -0.384. The van der Waals surface area contributed by atoms with Gasteiger partial charge in [0.05, 0.1) is 10.6 Å². The lowest BCUT2D eigenvalue weighted by Crippen LogP contribution is -1.94. The molecular formula is C10H8N6O2. The first-order valence-electron chi connectivity index (χ1n) is 5.15. The van der Waals surface area contributed by atoms with E-state index in [9.17, 15) is 10.1 Å². The average molecular weight is 244 g/mol. The second-order valence-corrected chi connectivity index (χ2v) is 3.82. The van der Waals surface area contributed by atoms with Crippen LogP contribution < -0.4 is 0 Å². The first kappa shape index (κ1) is 10.4. The molecule has 3 aromatic heterocycles. The molecule has 0 spiro atoms. The lowest BCUT2D eigenvalue weighted by Gasteiger charge is -1.98. The summed E-state index contributed by atoms with van der Waals surface area (Å²) in [6.45, 7) is 1.85. The van der Waals surface area contributed by atoms with E-state index in [1.54, 1.807) is 16.9 Å². The number of hydrogen-bond acceptors (Lipinski definition) is 5. The number of rotatable bonds is 2. The smallest absolute Gasteiger partial charge is 0.271 e. The quantitative estimate of drug-likeness (QED) is 0.541. The van der Waals surface area contributed by atoms with E-state index in [0.29, 0.717) is 16.9 Å². The van der Waals surface area contributed by atoms with E-state index in [1.165, 1.54) is 6.20 Å². The van der Waals surface area contributed by atoms with Crippen molar-refractivity contribution in [3.05, 3.63) is 40.5 Å². The number of nitrogens with one attached hydrogen (secondary N) is 1. The van der Waals surface area contributed by atoms with Gasteiger partial charge in [-0.05, 0) is 6.92 Å². The second kappa shape index (κ2) is 3.62. The third-order valence-electron chi connectivity index (χ3n) is 2.54. The van der Waals surface area contributed by atoms with E-state index in [4.69, 9.17) is 0 Å². The van der Waals surface area contributed by atoms with Crippen molar-refractivity contribution in [1.82, 2.24) is 24.8 Å². The third kappa shape index (κ3) is 1.51. The zero-order valence-electron chi connectivity index (χ0n) is 9.36. The van der Waals surface area contributed by atoms with Crippen LogP contribution in [0.25, 0.3) is 16.9 Å². The maximum Gasteiger partial charge on any atom is 0.314 e. The minimum absolute atomic E-state index is 0.0833. The van der Waals surface area contributed by atoms with Crippen LogP contribution in [0.3, 0.4) is 0 Å². The molecule has 18 heavy (non-hydrogen) atoms. The van der Waals surface area contributed by atoms with Crippen molar-refractivity contribution in [2.45, 2.75) is 6.92 Å². The highest BCUT2D eigenvalue weighted by Crippen LogP contribution is 2.26. The summed E-state index contributed by atoms with van der Waals surface area (Å²) in [5.41, 5.74) is 2.33. The number of nitro groups is 1. The predicted octanol–water partition coefficient (Wildman–Crippen LogP) is 1.34. The van der Waals surface area contributed by atoms with Gasteiger partial charge in [0, 0.05) is 24.0 Å². The molecule has 0 aliphatic rings. The fourth-order valence-electron chi connectivity index (χ4n) is 1.75. The highest BCUT2D eigenvalue weighted by atomic mass is 16.6. The van der Waals surface area contributed by atoms with E-state index in [-0.39, 0.29) is 5.69 Å². The maximum atomic E-state index is 10.8. The summed E-state index contributed by atoms with van der Waals surface area (Å²) in [5, 5.41) is 21.3. The fourth-order valence-corrected chi connectivity index (χ4v) is 1.75. The van der Waals surface area contributed by atoms with Crippen molar-refractivity contribution in [2.24, 2.45) is 0 Å². The van der Waals surface area contributed by atoms with E-state index < -0.39 is 4.92 Å². The Morgan fingerprint density at radius 1 is 1.44 bits per heavy atom. The summed E-state index contributed by atoms with van der Waals surface area (Å²) in [6, 6.07) is 1.82. The number of nitrogens with zero attached hydrogens (tertiary/aromatic N) is 5. The van der Waals surface area contributed by atoms with Crippen LogP contribution in [-0.2, 0) is 0 Å². The van der Waals surface area contributed by atoms with Gasteiger partial charge in [0.15, 0.2) is 5.65 Å². The summed E-state index contributed by atoms with van der Waals surface area (Å²) in [4.78, 5) is 14.5. The Hall–Kier alpha value is -2.77. The van der Waals surface area contributed by atoms with Crippen LogP contribution >= 0.6 is 0 Å². The van der Waals surface area contributed by atoms with Crippen LogP contribution in [0, 0.1) is 17.0 Å². The van der Waals surface area contributed by atoms with Crippen molar-refractivity contribution in [1.29, 1.82) is 0 Å². The Kier molecular flexibility index (Phi) is 2.09. The minimum atomic E-state index is -0.489. The zero-order valence-corrected chi connectivity index (χ0v) is 9.36. The highest BCUT2D eigenvalue weighted by molar-refractivity contribution is 5.68. The Balaban J connectivity index is 2.18. The summed E-state index contributed by atoms with van der Waals surface area (Å²) < 4.78 is 1.58. The molecule has 0 unspecified atom stereocenters. The molecule has 0 saturated carbocycles. The molecule has 3 heterocycles. The van der Waals surface area contributed by atoms with Gasteiger partial charge in [0.25, 0.3) is 0 Å². The number of hydrogen-bond donors (Lipinski definition) is 1. The van der Waals surface area contributed by atoms with Crippen LogP contribution in [0.4, 0.5) is 5.69 Å². The summed E-state index contributed by atoms with van der Waals surface area (Å²) in [5.74, 6) is 0. The van der Waals surface area contributed by atoms with Gasteiger partial charge in [-0.2, -0.15) is 10.2 Å². The van der Waals surface area contributed by atoms with Gasteiger partial charge in [-0.1, -0.05) is 0 Å². The van der Waals surface area contributed by atoms with Crippen LogP contribution in [0.1, 0.15) is 5.69 Å². The molecule has 0 aliphatic heterocycles. The molecule has 0 saturated heterocycles. The predicted molar refractivity (Wildman–Crippen MR) is 62.0 cm³/mol. The van der Waals surface area contributed by atoms with Crippen LogP contribution in [0.5, 0.6) is 0 Å². The van der Waals surface area contributed by atoms with Crippen LogP contribution in [-0.4, -0.2) is 29.7 Å². The Morgan fingerprint density at radius 2 is 2.28 bits per heavy atom. The number of aromatic nitrogens is 5. The van der Waals surface area contributed by atoms with Crippen molar-refractivity contribution in [3.8, 4) is 11.3 Å². The molecule has 90 valence electrons. The van der Waals surface area contributed by atoms with Crippen LogP contribution in [0.2, 0.25) is 0 Å².